The predicted molar refractivity (Wildman–Crippen MR) is 161 cm³/mol. The van der Waals surface area contributed by atoms with Gasteiger partial charge in [0.05, 0.1) is 11.6 Å². The van der Waals surface area contributed by atoms with Gasteiger partial charge in [0.2, 0.25) is 5.78 Å². The molecule has 3 aliphatic rings. The van der Waals surface area contributed by atoms with Crippen LogP contribution in [0.1, 0.15) is 60.4 Å². The summed E-state index contributed by atoms with van der Waals surface area (Å²) in [5.41, 5.74) is -3.11. The van der Waals surface area contributed by atoms with Gasteiger partial charge >= 0.3 is 0 Å². The van der Waals surface area contributed by atoms with Crippen LogP contribution in [0.2, 0.25) is 0 Å². The highest BCUT2D eigenvalue weighted by molar-refractivity contribution is 6.17. The first kappa shape index (κ1) is 31.4. The molecule has 1 heterocycles. The highest BCUT2D eigenvalue weighted by atomic mass is 19.1. The van der Waals surface area contributed by atoms with E-state index in [1.807, 2.05) is 30.3 Å². The van der Waals surface area contributed by atoms with Gasteiger partial charge in [-0.2, -0.15) is 0 Å². The zero-order valence-electron chi connectivity index (χ0n) is 25.8. The van der Waals surface area contributed by atoms with Crippen molar-refractivity contribution in [3.63, 3.8) is 0 Å². The normalized spacial score (nSPS) is 23.6. The molecule has 242 valence electrons. The van der Waals surface area contributed by atoms with E-state index in [1.54, 1.807) is 38.0 Å². The molecule has 2 aromatic carbocycles. The maximum atomic E-state index is 15.3. The third-order valence-corrected chi connectivity index (χ3v) is 9.13. The summed E-state index contributed by atoms with van der Waals surface area (Å²) < 4.78 is 26.7. The number of amides is 1. The number of carbonyl (C=O) groups is 3. The number of nitrogens with one attached hydrogen (secondary N) is 1. The van der Waals surface area contributed by atoms with Crippen molar-refractivity contribution < 1.29 is 43.4 Å². The van der Waals surface area contributed by atoms with Crippen LogP contribution in [-0.2, 0) is 13.0 Å². The van der Waals surface area contributed by atoms with Gasteiger partial charge in [-0.05, 0) is 69.3 Å². The fraction of sp³-hybridized carbons (Fsp3) is 0.394. The van der Waals surface area contributed by atoms with E-state index in [0.29, 0.717) is 6.54 Å². The summed E-state index contributed by atoms with van der Waals surface area (Å²) in [6.45, 7) is 0.664. The number of phenols is 1. The van der Waals surface area contributed by atoms with Gasteiger partial charge in [0.15, 0.2) is 17.1 Å². The van der Waals surface area contributed by atoms with Crippen LogP contribution >= 0.6 is 0 Å². The van der Waals surface area contributed by atoms with Crippen LogP contribution in [0.3, 0.4) is 0 Å². The van der Waals surface area contributed by atoms with Crippen LogP contribution in [-0.4, -0.2) is 94.6 Å². The molecule has 3 aliphatic carbocycles. The molecule has 0 unspecified atom stereocenters. The lowest BCUT2D eigenvalue weighted by Gasteiger charge is -2.49. The Bertz CT molecular complexity index is 1770. The Morgan fingerprint density at radius 3 is 2.54 bits per heavy atom. The van der Waals surface area contributed by atoms with Crippen LogP contribution in [0.5, 0.6) is 11.6 Å². The van der Waals surface area contributed by atoms with Crippen molar-refractivity contribution in [3.8, 4) is 11.6 Å². The Morgan fingerprint density at radius 2 is 1.87 bits per heavy atom. The van der Waals surface area contributed by atoms with E-state index in [1.165, 1.54) is 0 Å². The lowest BCUT2D eigenvalue weighted by molar-refractivity contribution is -0.0559. The molecule has 0 aliphatic heterocycles. The molecule has 0 radical (unpaired) electrons. The van der Waals surface area contributed by atoms with Gasteiger partial charge in [-0.1, -0.05) is 30.3 Å². The van der Waals surface area contributed by atoms with Crippen molar-refractivity contribution in [2.24, 2.45) is 11.8 Å². The van der Waals surface area contributed by atoms with Crippen LogP contribution in [0.25, 0.3) is 0 Å². The number of Topliss-reactive ketones (excluding diaryl/α,β-unsaturated/α-hetero) is 2. The summed E-state index contributed by atoms with van der Waals surface area (Å²) >= 11 is 0. The Labute approximate surface area is 264 Å². The van der Waals surface area contributed by atoms with Crippen molar-refractivity contribution >= 4 is 17.5 Å². The molecule has 0 bridgehead atoms. The second kappa shape index (κ2) is 11.6. The Kier molecular flexibility index (Phi) is 7.95. The minimum atomic E-state index is -2.57. The van der Waals surface area contributed by atoms with Gasteiger partial charge in [0, 0.05) is 24.6 Å². The third-order valence-electron chi connectivity index (χ3n) is 9.13. The van der Waals surface area contributed by atoms with Gasteiger partial charge in [0.25, 0.3) is 11.8 Å². The zero-order valence-corrected chi connectivity index (χ0v) is 25.8. The van der Waals surface area contributed by atoms with E-state index >= 15 is 4.39 Å². The fourth-order valence-corrected chi connectivity index (χ4v) is 6.97. The minimum absolute atomic E-state index is 0.00307. The van der Waals surface area contributed by atoms with Crippen molar-refractivity contribution in [1.82, 2.24) is 20.3 Å². The lowest BCUT2D eigenvalue weighted by Crippen LogP contribution is -2.59. The third kappa shape index (κ3) is 4.86. The molecular formula is C33H35FN4O8. The van der Waals surface area contributed by atoms with E-state index in [0.717, 1.165) is 11.6 Å². The molecule has 0 fully saturated rings. The molecule has 1 amide bonds. The standard InChI is InChI=1S/C33H35FN4O8/c1-37(2)11-10-35-31(43)23-20(34)14-18-12-17-13-19-25(38(3)4)28-24(32(36-46-28)45-15-16-8-6-5-7-9-16)30(42)33(19,44)29(41)22(17)26(39)21(18)27(23)40/h5-9,14,17,19,25,40-41,44H,10-13,15H2,1-4H3,(H,35,43)/t17-,19-,25-,33-/m0/s1. The Balaban J connectivity index is 1.41. The number of ketones is 2. The number of nitrogens with zero attached hydrogens (tertiary/aromatic N) is 3. The topological polar surface area (TPSA) is 166 Å². The van der Waals surface area contributed by atoms with E-state index in [9.17, 15) is 29.7 Å². The van der Waals surface area contributed by atoms with E-state index in [-0.39, 0.29) is 59.9 Å². The second-order valence-corrected chi connectivity index (χ2v) is 12.5. The summed E-state index contributed by atoms with van der Waals surface area (Å²) in [7, 11) is 7.02. The van der Waals surface area contributed by atoms with Crippen molar-refractivity contribution in [2.45, 2.75) is 31.1 Å². The molecule has 3 aromatic rings. The summed E-state index contributed by atoms with van der Waals surface area (Å²) in [6.07, 6.45) is 0.0360. The first-order valence-corrected chi connectivity index (χ1v) is 14.9. The number of benzene rings is 2. The number of aromatic hydroxyl groups is 1. The SMILES string of the molecule is CN(C)CCNC(=O)c1c(F)cc2c(c1O)C(=O)C1=C(O)[C@]3(O)C(=O)c4c(OCc5ccccc5)noc4[C@@H](N(C)C)[C@@H]3C[C@@H]1C2. The highest BCUT2D eigenvalue weighted by Gasteiger charge is 2.64. The molecule has 0 saturated heterocycles. The molecular weight excluding hydrogens is 599 g/mol. The van der Waals surface area contributed by atoms with Crippen LogP contribution < -0.4 is 10.1 Å². The maximum absolute atomic E-state index is 15.3. The smallest absolute Gasteiger partial charge is 0.265 e. The average molecular weight is 635 g/mol. The van der Waals surface area contributed by atoms with E-state index < -0.39 is 63.8 Å². The number of allylic oxidation sites excluding steroid dienone is 1. The molecule has 13 heteroatoms. The molecule has 12 nitrogen and oxygen atoms in total. The molecule has 0 spiro atoms. The molecule has 6 rings (SSSR count). The van der Waals surface area contributed by atoms with E-state index in [2.05, 4.69) is 10.5 Å². The minimum Gasteiger partial charge on any atom is -0.508 e. The van der Waals surface area contributed by atoms with Crippen LogP contribution in [0.4, 0.5) is 4.39 Å². The predicted octanol–water partition coefficient (Wildman–Crippen LogP) is 2.81. The number of halogens is 1. The number of fused-ring (bicyclic) bond motifs is 4. The average Bonchev–Trinajstić information content (AvgIpc) is 3.41. The molecule has 46 heavy (non-hydrogen) atoms. The molecule has 4 atom stereocenters. The summed E-state index contributed by atoms with van der Waals surface area (Å²) in [5.74, 6) is -7.21. The van der Waals surface area contributed by atoms with Gasteiger partial charge in [-0.25, -0.2) is 4.39 Å². The van der Waals surface area contributed by atoms with Gasteiger partial charge < -0.3 is 34.8 Å². The maximum Gasteiger partial charge on any atom is 0.265 e. The number of likely N-dealkylation sites (N-methyl/N-ethyl adjacent to an activating group) is 1. The molecule has 1 aromatic heterocycles. The Morgan fingerprint density at radius 1 is 1.15 bits per heavy atom. The summed E-state index contributed by atoms with van der Waals surface area (Å²) in [6, 6.07) is 9.42. The van der Waals surface area contributed by atoms with E-state index in [4.69, 9.17) is 9.26 Å². The summed E-state index contributed by atoms with van der Waals surface area (Å²) in [4.78, 5) is 44.5. The number of ether oxygens (including phenoxy) is 1. The lowest BCUT2D eigenvalue weighted by atomic mass is 9.58. The number of hydrogen-bond donors (Lipinski definition) is 4. The number of aliphatic hydroxyl groups is 2. The quantitative estimate of drug-likeness (QED) is 0.288. The van der Waals surface area contributed by atoms with Crippen LogP contribution in [0, 0.1) is 17.7 Å². The zero-order chi connectivity index (χ0) is 33.1. The summed E-state index contributed by atoms with van der Waals surface area (Å²) in [5, 5.41) is 41.5. The van der Waals surface area contributed by atoms with Crippen LogP contribution in [0.15, 0.2) is 52.3 Å². The largest absolute Gasteiger partial charge is 0.508 e. The second-order valence-electron chi connectivity index (χ2n) is 12.5. The number of carbonyl (C=O) groups excluding carboxylic acids is 3. The number of hydrogen-bond acceptors (Lipinski definition) is 11. The molecule has 4 N–H and O–H groups in total. The molecule has 0 saturated carbocycles. The number of aromatic nitrogens is 1. The van der Waals surface area contributed by atoms with Gasteiger partial charge in [-0.3, -0.25) is 19.3 Å². The van der Waals surface area contributed by atoms with Crippen molar-refractivity contribution in [3.05, 3.63) is 87.1 Å². The first-order valence-electron chi connectivity index (χ1n) is 14.9. The first-order chi connectivity index (χ1) is 21.9. The highest BCUT2D eigenvalue weighted by Crippen LogP contribution is 2.56. The number of phenolic OH excluding ortho intramolecular Hbond substituents is 1. The van der Waals surface area contributed by atoms with Crippen molar-refractivity contribution in [1.29, 1.82) is 0 Å². The number of aliphatic hydroxyl groups excluding tert-OH is 1. The van der Waals surface area contributed by atoms with Crippen molar-refractivity contribution in [2.75, 3.05) is 41.3 Å². The number of rotatable bonds is 8. The fourth-order valence-electron chi connectivity index (χ4n) is 6.97. The van der Waals surface area contributed by atoms with Gasteiger partial charge in [0.1, 0.15) is 35.1 Å². The Hall–Kier alpha value is -4.59. The monoisotopic (exact) mass is 634 g/mol. The van der Waals surface area contributed by atoms with Gasteiger partial charge in [-0.15, -0.1) is 0 Å².